The highest BCUT2D eigenvalue weighted by molar-refractivity contribution is 6.00. The van der Waals surface area contributed by atoms with Crippen LogP contribution in [0.4, 0.5) is 5.69 Å². The van der Waals surface area contributed by atoms with Crippen LogP contribution in [-0.4, -0.2) is 35.3 Å². The topological polar surface area (TPSA) is 144 Å². The summed E-state index contributed by atoms with van der Waals surface area (Å²) in [5.41, 5.74) is 20.1. The van der Waals surface area contributed by atoms with E-state index >= 15 is 0 Å². The summed E-state index contributed by atoms with van der Waals surface area (Å²) in [7, 11) is 0. The highest BCUT2D eigenvalue weighted by Gasteiger charge is 2.19. The Kier molecular flexibility index (Phi) is 7.22. The molecule has 0 saturated carbocycles. The number of nitrogen functional groups attached to an aromatic ring is 1. The molecule has 250 valence electrons. The van der Waals surface area contributed by atoms with Crippen LogP contribution in [0.1, 0.15) is 22.8 Å². The predicted octanol–water partition coefficient (Wildman–Crippen LogP) is 10.0. The first kappa shape index (κ1) is 30.7. The van der Waals surface area contributed by atoms with Crippen molar-refractivity contribution < 1.29 is 15.3 Å². The largest absolute Gasteiger partial charge is 0.508 e. The number of rotatable bonds is 4. The number of nitrogens with two attached hydrogens (primary N) is 1. The van der Waals surface area contributed by atoms with Crippen LogP contribution in [0.15, 0.2) is 121 Å². The molecule has 4 aromatic carbocycles. The summed E-state index contributed by atoms with van der Waals surface area (Å²) in [5, 5.41) is 30.5. The van der Waals surface area contributed by atoms with E-state index in [-0.39, 0.29) is 17.2 Å². The van der Waals surface area contributed by atoms with Crippen LogP contribution in [0.25, 0.3) is 90.9 Å². The molecule has 8 bridgehead atoms. The molecule has 0 aliphatic carbocycles. The molecule has 0 saturated heterocycles. The monoisotopic (exact) mass is 677 g/mol. The molecule has 2 aliphatic heterocycles. The molecule has 7 N–H and O–H groups in total. The maximum atomic E-state index is 10.2. The molecular weight excluding hydrogens is 647 g/mol. The number of hydrogen-bond donors (Lipinski definition) is 6. The average molecular weight is 678 g/mol. The van der Waals surface area contributed by atoms with E-state index in [4.69, 9.17) is 15.7 Å². The molecule has 0 unspecified atom stereocenters. The number of fused-ring (bicyclic) bond motifs is 8. The van der Waals surface area contributed by atoms with E-state index in [0.29, 0.717) is 5.69 Å². The number of nitrogens with zero attached hydrogens (tertiary/aromatic N) is 2. The number of phenols is 3. The Hall–Kier alpha value is -7.32. The van der Waals surface area contributed by atoms with Crippen LogP contribution in [0.5, 0.6) is 17.2 Å². The van der Waals surface area contributed by atoms with Crippen LogP contribution in [0.3, 0.4) is 0 Å². The standard InChI is InChI=1S/C44H31N5O3/c45-29-9-1-25(2-10-29)41-33-17-19-35(46-33)42(26-3-11-30(50)12-4-26)37-21-23-39(48-37)44(28-7-15-32(52)16-8-28)40-24-22-38(49-40)43(36-20-18-34(41)47-36)27-5-13-31(51)14-6-27/h1-24,46,49-52H,45H2. The summed E-state index contributed by atoms with van der Waals surface area (Å²) in [6, 6.07) is 37.2. The molecule has 5 heterocycles. The number of aromatic hydroxyl groups is 3. The van der Waals surface area contributed by atoms with Gasteiger partial charge in [0.1, 0.15) is 17.2 Å². The van der Waals surface area contributed by atoms with Gasteiger partial charge in [0, 0.05) is 50.0 Å². The van der Waals surface area contributed by atoms with Crippen molar-refractivity contribution in [2.75, 3.05) is 5.73 Å². The fourth-order valence-corrected chi connectivity index (χ4v) is 6.95. The van der Waals surface area contributed by atoms with Gasteiger partial charge in [0.15, 0.2) is 0 Å². The number of anilines is 1. The fraction of sp³-hybridized carbons (Fsp3) is 0. The van der Waals surface area contributed by atoms with Crippen LogP contribution < -0.4 is 5.73 Å². The normalized spacial score (nSPS) is 12.0. The van der Waals surface area contributed by atoms with Crippen LogP contribution in [-0.2, 0) is 0 Å². The molecule has 52 heavy (non-hydrogen) atoms. The smallest absolute Gasteiger partial charge is 0.115 e. The van der Waals surface area contributed by atoms with E-state index in [0.717, 1.165) is 89.4 Å². The van der Waals surface area contributed by atoms with E-state index in [1.165, 1.54) is 0 Å². The van der Waals surface area contributed by atoms with Crippen molar-refractivity contribution in [1.82, 2.24) is 19.9 Å². The Morgan fingerprint density at radius 3 is 0.865 bits per heavy atom. The fourth-order valence-electron chi connectivity index (χ4n) is 6.95. The van der Waals surface area contributed by atoms with E-state index in [1.54, 1.807) is 36.4 Å². The number of aromatic nitrogens is 4. The molecule has 0 amide bonds. The van der Waals surface area contributed by atoms with Gasteiger partial charge < -0.3 is 31.0 Å². The third-order valence-electron chi connectivity index (χ3n) is 9.42. The highest BCUT2D eigenvalue weighted by Crippen LogP contribution is 2.39. The van der Waals surface area contributed by atoms with Crippen molar-refractivity contribution in [1.29, 1.82) is 0 Å². The van der Waals surface area contributed by atoms with E-state index in [9.17, 15) is 15.3 Å². The van der Waals surface area contributed by atoms with E-state index < -0.39 is 0 Å². The van der Waals surface area contributed by atoms with Gasteiger partial charge >= 0.3 is 0 Å². The van der Waals surface area contributed by atoms with Gasteiger partial charge in [-0.3, -0.25) is 0 Å². The molecule has 8 heteroatoms. The molecule has 0 spiro atoms. The van der Waals surface area contributed by atoms with Gasteiger partial charge in [0.05, 0.1) is 22.8 Å². The summed E-state index contributed by atoms with van der Waals surface area (Å²) in [6.07, 6.45) is 8.04. The van der Waals surface area contributed by atoms with Crippen LogP contribution in [0.2, 0.25) is 0 Å². The van der Waals surface area contributed by atoms with E-state index in [2.05, 4.69) is 9.97 Å². The first-order valence-electron chi connectivity index (χ1n) is 16.8. The summed E-state index contributed by atoms with van der Waals surface area (Å²) >= 11 is 0. The summed E-state index contributed by atoms with van der Waals surface area (Å²) in [4.78, 5) is 17.9. The minimum absolute atomic E-state index is 0.169. The number of benzene rings is 4. The first-order chi connectivity index (χ1) is 25.4. The molecule has 3 aromatic heterocycles. The molecular formula is C44H31N5O3. The zero-order valence-corrected chi connectivity index (χ0v) is 27.7. The van der Waals surface area contributed by atoms with Crippen molar-refractivity contribution >= 4 is 52.1 Å². The maximum Gasteiger partial charge on any atom is 0.115 e. The molecule has 0 fully saturated rings. The third-order valence-corrected chi connectivity index (χ3v) is 9.42. The number of nitrogens with one attached hydrogen (secondary N) is 2. The molecule has 7 aromatic rings. The van der Waals surface area contributed by atoms with Crippen molar-refractivity contribution in [3.05, 3.63) is 144 Å². The zero-order chi connectivity index (χ0) is 35.3. The van der Waals surface area contributed by atoms with Gasteiger partial charge in [0.2, 0.25) is 0 Å². The Morgan fingerprint density at radius 2 is 0.596 bits per heavy atom. The number of H-pyrrole nitrogens is 2. The Bertz CT molecular complexity index is 2370. The second kappa shape index (κ2) is 12.2. The van der Waals surface area contributed by atoms with Crippen molar-refractivity contribution in [3.63, 3.8) is 0 Å². The van der Waals surface area contributed by atoms with Gasteiger partial charge in [-0.15, -0.1) is 0 Å². The zero-order valence-electron chi connectivity index (χ0n) is 27.7. The van der Waals surface area contributed by atoms with Gasteiger partial charge in [-0.1, -0.05) is 48.5 Å². The highest BCUT2D eigenvalue weighted by atomic mass is 16.3. The second-order valence-corrected chi connectivity index (χ2v) is 12.8. The lowest BCUT2D eigenvalue weighted by Gasteiger charge is -2.07. The first-order valence-corrected chi connectivity index (χ1v) is 16.8. The minimum atomic E-state index is 0.169. The molecule has 9 rings (SSSR count). The van der Waals surface area contributed by atoms with Gasteiger partial charge in [0.25, 0.3) is 0 Å². The summed E-state index contributed by atoms with van der Waals surface area (Å²) < 4.78 is 0. The molecule has 2 aliphatic rings. The van der Waals surface area contributed by atoms with E-state index in [1.807, 2.05) is 109 Å². The van der Waals surface area contributed by atoms with Crippen LogP contribution in [0, 0.1) is 0 Å². The van der Waals surface area contributed by atoms with Gasteiger partial charge in [-0.2, -0.15) is 0 Å². The number of hydrogen-bond acceptors (Lipinski definition) is 6. The predicted molar refractivity (Wildman–Crippen MR) is 210 cm³/mol. The summed E-state index contributed by atoms with van der Waals surface area (Å²) in [5.74, 6) is 0.515. The van der Waals surface area contributed by atoms with Gasteiger partial charge in [-0.05, 0) is 119 Å². The SMILES string of the molecule is Nc1ccc(-c2c3nc(c(-c4ccc(O)cc4)c4ccc([nH]4)c(-c4ccc(O)cc4)c4nc(c(-c5ccc(O)cc5)c5ccc2[nH]5)C=C4)C=C3)cc1. The van der Waals surface area contributed by atoms with Gasteiger partial charge in [-0.25, -0.2) is 9.97 Å². The third kappa shape index (κ3) is 5.45. The molecule has 0 atom stereocenters. The Morgan fingerprint density at radius 1 is 0.346 bits per heavy atom. The van der Waals surface area contributed by atoms with Crippen molar-refractivity contribution in [2.45, 2.75) is 0 Å². The van der Waals surface area contributed by atoms with Crippen molar-refractivity contribution in [3.8, 4) is 61.8 Å². The maximum absolute atomic E-state index is 10.2. The van der Waals surface area contributed by atoms with Crippen molar-refractivity contribution in [2.24, 2.45) is 0 Å². The lowest BCUT2D eigenvalue weighted by Crippen LogP contribution is -1.90. The molecule has 0 radical (unpaired) electrons. The number of aromatic amines is 2. The Balaban J connectivity index is 1.47. The lowest BCUT2D eigenvalue weighted by molar-refractivity contribution is 0.475. The minimum Gasteiger partial charge on any atom is -0.508 e. The number of phenolic OH excluding ortho intramolecular Hbond substituents is 3. The summed E-state index contributed by atoms with van der Waals surface area (Å²) in [6.45, 7) is 0. The Labute approximate surface area is 298 Å². The average Bonchev–Trinajstić information content (AvgIpc) is 3.99. The lowest BCUT2D eigenvalue weighted by atomic mass is 10.0. The second-order valence-electron chi connectivity index (χ2n) is 12.8. The quantitative estimate of drug-likeness (QED) is 0.102. The van der Waals surface area contributed by atoms with Crippen LogP contribution >= 0.6 is 0 Å². The molecule has 8 nitrogen and oxygen atoms in total.